The first kappa shape index (κ1) is 10.7. The molecule has 0 amide bonds. The van der Waals surface area contributed by atoms with Gasteiger partial charge in [-0.25, -0.2) is 0 Å². The van der Waals surface area contributed by atoms with Crippen LogP contribution in [0.15, 0.2) is 29.6 Å². The Morgan fingerprint density at radius 2 is 2.12 bits per heavy atom. The van der Waals surface area contributed by atoms with Gasteiger partial charge in [0.05, 0.1) is 5.71 Å². The molecule has 0 bridgehead atoms. The smallest absolute Gasteiger partial charge is 0.106 e. The van der Waals surface area contributed by atoms with Crippen LogP contribution in [0.3, 0.4) is 0 Å². The highest BCUT2D eigenvalue weighted by atomic mass is 16.6. The van der Waals surface area contributed by atoms with E-state index in [2.05, 4.69) is 41.0 Å². The van der Waals surface area contributed by atoms with E-state index in [1.807, 2.05) is 14.0 Å². The van der Waals surface area contributed by atoms with Gasteiger partial charge in [-0.3, -0.25) is 0 Å². The molecule has 0 aliphatic rings. The fraction of sp³-hybridized carbons (Fsp3) is 0.308. The van der Waals surface area contributed by atoms with Gasteiger partial charge in [0.25, 0.3) is 0 Å². The number of benzene rings is 1. The van der Waals surface area contributed by atoms with Gasteiger partial charge in [0.2, 0.25) is 0 Å². The normalized spacial score (nSPS) is 12.1. The summed E-state index contributed by atoms with van der Waals surface area (Å²) in [5, 5.41) is 5.21. The standard InChI is InChI=1S/C13H16N2O/c1-9-5-6-13-11(7-9)12(8-15(13)3)10(2)14-16-4/h5-8H,1-4H3. The van der Waals surface area contributed by atoms with Crippen molar-refractivity contribution >= 4 is 16.6 Å². The van der Waals surface area contributed by atoms with Gasteiger partial charge in [0, 0.05) is 29.7 Å². The number of rotatable bonds is 2. The molecule has 0 saturated carbocycles. The van der Waals surface area contributed by atoms with Crippen LogP contribution in [0.5, 0.6) is 0 Å². The molecular weight excluding hydrogens is 200 g/mol. The zero-order valence-corrected chi connectivity index (χ0v) is 10.1. The van der Waals surface area contributed by atoms with Crippen LogP contribution < -0.4 is 0 Å². The Hall–Kier alpha value is -1.77. The SMILES string of the molecule is CON=C(C)c1cn(C)c2ccc(C)cc12. The van der Waals surface area contributed by atoms with Crippen molar-refractivity contribution in [1.29, 1.82) is 0 Å². The molecule has 0 aliphatic heterocycles. The third-order valence-corrected chi connectivity index (χ3v) is 2.76. The zero-order valence-electron chi connectivity index (χ0n) is 10.1. The Bertz CT molecular complexity index is 552. The third-order valence-electron chi connectivity index (χ3n) is 2.76. The fourth-order valence-electron chi connectivity index (χ4n) is 1.98. The van der Waals surface area contributed by atoms with Crippen molar-refractivity contribution in [3.05, 3.63) is 35.5 Å². The number of hydrogen-bond donors (Lipinski definition) is 0. The van der Waals surface area contributed by atoms with Crippen LogP contribution in [-0.4, -0.2) is 17.4 Å². The van der Waals surface area contributed by atoms with E-state index in [1.54, 1.807) is 7.11 Å². The quantitative estimate of drug-likeness (QED) is 0.560. The van der Waals surface area contributed by atoms with Crippen LogP contribution >= 0.6 is 0 Å². The highest BCUT2D eigenvalue weighted by molar-refractivity contribution is 6.09. The lowest BCUT2D eigenvalue weighted by Crippen LogP contribution is -1.93. The molecule has 2 aromatic rings. The molecule has 0 saturated heterocycles. The summed E-state index contributed by atoms with van der Waals surface area (Å²) in [5.41, 5.74) is 4.50. The summed E-state index contributed by atoms with van der Waals surface area (Å²) in [7, 11) is 3.61. The van der Waals surface area contributed by atoms with Crippen LogP contribution in [0.25, 0.3) is 10.9 Å². The molecular formula is C13H16N2O. The molecule has 0 aliphatic carbocycles. The first-order valence-corrected chi connectivity index (χ1v) is 5.27. The van der Waals surface area contributed by atoms with Gasteiger partial charge in [-0.2, -0.15) is 0 Å². The molecule has 2 rings (SSSR count). The highest BCUT2D eigenvalue weighted by Gasteiger charge is 2.09. The Morgan fingerprint density at radius 3 is 2.81 bits per heavy atom. The Labute approximate surface area is 95.3 Å². The van der Waals surface area contributed by atoms with E-state index in [0.717, 1.165) is 11.3 Å². The van der Waals surface area contributed by atoms with Gasteiger partial charge in [0.1, 0.15) is 7.11 Å². The lowest BCUT2D eigenvalue weighted by molar-refractivity contribution is 0.213. The Balaban J connectivity index is 2.70. The first-order chi connectivity index (χ1) is 7.63. The van der Waals surface area contributed by atoms with E-state index in [9.17, 15) is 0 Å². The summed E-state index contributed by atoms with van der Waals surface area (Å²) in [6, 6.07) is 6.43. The van der Waals surface area contributed by atoms with Crippen molar-refractivity contribution in [1.82, 2.24) is 4.57 Å². The maximum Gasteiger partial charge on any atom is 0.106 e. The minimum Gasteiger partial charge on any atom is -0.399 e. The second kappa shape index (κ2) is 4.00. The van der Waals surface area contributed by atoms with Gasteiger partial charge < -0.3 is 9.40 Å². The van der Waals surface area contributed by atoms with Gasteiger partial charge in [-0.15, -0.1) is 0 Å². The van der Waals surface area contributed by atoms with E-state index >= 15 is 0 Å². The van der Waals surface area contributed by atoms with Crippen molar-refractivity contribution < 1.29 is 4.84 Å². The van der Waals surface area contributed by atoms with Crippen molar-refractivity contribution in [3.8, 4) is 0 Å². The van der Waals surface area contributed by atoms with Gasteiger partial charge in [-0.1, -0.05) is 16.8 Å². The van der Waals surface area contributed by atoms with Crippen LogP contribution in [0.1, 0.15) is 18.1 Å². The summed E-state index contributed by atoms with van der Waals surface area (Å²) < 4.78 is 2.11. The first-order valence-electron chi connectivity index (χ1n) is 5.27. The predicted octanol–water partition coefficient (Wildman–Crippen LogP) is 2.86. The molecule has 84 valence electrons. The molecule has 0 radical (unpaired) electrons. The zero-order chi connectivity index (χ0) is 11.7. The van der Waals surface area contributed by atoms with Gasteiger partial charge >= 0.3 is 0 Å². The van der Waals surface area contributed by atoms with E-state index in [1.165, 1.54) is 16.5 Å². The van der Waals surface area contributed by atoms with E-state index in [0.29, 0.717) is 0 Å². The predicted molar refractivity (Wildman–Crippen MR) is 66.9 cm³/mol. The Kier molecular flexibility index (Phi) is 2.69. The van der Waals surface area contributed by atoms with Gasteiger partial charge in [0.15, 0.2) is 0 Å². The Morgan fingerprint density at radius 1 is 1.38 bits per heavy atom. The molecule has 3 nitrogen and oxygen atoms in total. The summed E-state index contributed by atoms with van der Waals surface area (Å²) in [4.78, 5) is 4.83. The van der Waals surface area contributed by atoms with Gasteiger partial charge in [-0.05, 0) is 26.0 Å². The van der Waals surface area contributed by atoms with Crippen molar-refractivity contribution in [3.63, 3.8) is 0 Å². The summed E-state index contributed by atoms with van der Waals surface area (Å²) in [6.07, 6.45) is 2.09. The topological polar surface area (TPSA) is 26.5 Å². The summed E-state index contributed by atoms with van der Waals surface area (Å²) in [5.74, 6) is 0. The molecule has 1 heterocycles. The molecule has 3 heteroatoms. The number of fused-ring (bicyclic) bond motifs is 1. The number of hydrogen-bond acceptors (Lipinski definition) is 2. The van der Waals surface area contributed by atoms with E-state index in [-0.39, 0.29) is 0 Å². The number of oxime groups is 1. The average Bonchev–Trinajstić information content (AvgIpc) is 2.56. The van der Waals surface area contributed by atoms with E-state index in [4.69, 9.17) is 4.84 Å². The minimum atomic E-state index is 0.902. The van der Waals surface area contributed by atoms with Crippen molar-refractivity contribution in [2.45, 2.75) is 13.8 Å². The molecule has 1 aromatic carbocycles. The van der Waals surface area contributed by atoms with E-state index < -0.39 is 0 Å². The molecule has 1 aromatic heterocycles. The largest absolute Gasteiger partial charge is 0.399 e. The maximum atomic E-state index is 4.83. The molecule has 0 unspecified atom stereocenters. The summed E-state index contributed by atoms with van der Waals surface area (Å²) in [6.45, 7) is 4.06. The second-order valence-electron chi connectivity index (χ2n) is 4.03. The molecule has 0 atom stereocenters. The summed E-state index contributed by atoms with van der Waals surface area (Å²) >= 11 is 0. The number of aryl methyl sites for hydroxylation is 2. The van der Waals surface area contributed by atoms with Crippen LogP contribution in [0, 0.1) is 6.92 Å². The monoisotopic (exact) mass is 216 g/mol. The maximum absolute atomic E-state index is 4.83. The molecule has 0 fully saturated rings. The van der Waals surface area contributed by atoms with Crippen LogP contribution in [0.4, 0.5) is 0 Å². The molecule has 16 heavy (non-hydrogen) atoms. The number of nitrogens with zero attached hydrogens (tertiary/aromatic N) is 2. The average molecular weight is 216 g/mol. The van der Waals surface area contributed by atoms with Crippen molar-refractivity contribution in [2.75, 3.05) is 7.11 Å². The molecule has 0 N–H and O–H groups in total. The highest BCUT2D eigenvalue weighted by Crippen LogP contribution is 2.22. The van der Waals surface area contributed by atoms with Crippen molar-refractivity contribution in [2.24, 2.45) is 12.2 Å². The minimum absolute atomic E-state index is 0.902. The van der Waals surface area contributed by atoms with Crippen LogP contribution in [0.2, 0.25) is 0 Å². The lowest BCUT2D eigenvalue weighted by Gasteiger charge is -1.99. The third kappa shape index (κ3) is 1.69. The van der Waals surface area contributed by atoms with Crippen LogP contribution in [-0.2, 0) is 11.9 Å². The lowest BCUT2D eigenvalue weighted by atomic mass is 10.1. The fourth-order valence-corrected chi connectivity index (χ4v) is 1.98. The second-order valence-corrected chi connectivity index (χ2v) is 4.03. The molecule has 0 spiro atoms. The number of aromatic nitrogens is 1.